The van der Waals surface area contributed by atoms with Crippen LogP contribution in [0.25, 0.3) is 6.08 Å². The van der Waals surface area contributed by atoms with Gasteiger partial charge in [-0.2, -0.15) is 10.2 Å². The van der Waals surface area contributed by atoms with E-state index < -0.39 is 0 Å². The van der Waals surface area contributed by atoms with Crippen LogP contribution >= 0.6 is 0 Å². The van der Waals surface area contributed by atoms with E-state index in [1.54, 1.807) is 12.3 Å². The Morgan fingerprint density at radius 2 is 2.00 bits per heavy atom. The second-order valence-electron chi connectivity index (χ2n) is 6.44. The van der Waals surface area contributed by atoms with E-state index >= 15 is 0 Å². The predicted octanol–water partition coefficient (Wildman–Crippen LogP) is 4.50. The average molecular weight is 345 g/mol. The fourth-order valence-corrected chi connectivity index (χ4v) is 3.20. The lowest BCUT2D eigenvalue weighted by Gasteiger charge is -2.13. The monoisotopic (exact) mass is 345 g/mol. The molecule has 2 heterocycles. The first-order valence-electron chi connectivity index (χ1n) is 8.99. The summed E-state index contributed by atoms with van der Waals surface area (Å²) in [5, 5.41) is 8.73. The Bertz CT molecular complexity index is 835. The third-order valence-electron chi connectivity index (χ3n) is 4.66. The first-order valence-corrected chi connectivity index (χ1v) is 8.99. The van der Waals surface area contributed by atoms with Crippen molar-refractivity contribution in [1.29, 1.82) is 0 Å². The van der Waals surface area contributed by atoms with E-state index in [4.69, 9.17) is 0 Å². The van der Waals surface area contributed by atoms with Crippen molar-refractivity contribution in [3.63, 3.8) is 0 Å². The number of ketones is 1. The Labute approximate surface area is 154 Å². The predicted molar refractivity (Wildman–Crippen MR) is 106 cm³/mol. The Hall–Kier alpha value is -2.88. The second kappa shape index (κ2) is 8.48. The van der Waals surface area contributed by atoms with Crippen molar-refractivity contribution in [3.05, 3.63) is 72.1 Å². The van der Waals surface area contributed by atoms with Crippen LogP contribution in [0.5, 0.6) is 0 Å². The summed E-state index contributed by atoms with van der Waals surface area (Å²) in [6.07, 6.45) is 7.90. The molecule has 1 aromatic carbocycles. The summed E-state index contributed by atoms with van der Waals surface area (Å²) in [6, 6.07) is 11.9. The highest BCUT2D eigenvalue weighted by atomic mass is 16.1. The lowest BCUT2D eigenvalue weighted by molar-refractivity contribution is -0.118. The molecule has 4 heteroatoms. The number of nitrogens with zero attached hydrogens (tertiary/aromatic N) is 3. The van der Waals surface area contributed by atoms with Gasteiger partial charge in [-0.25, -0.2) is 0 Å². The number of benzene rings is 1. The van der Waals surface area contributed by atoms with Crippen LogP contribution in [0, 0.1) is 5.92 Å². The molecule has 0 bridgehead atoms. The van der Waals surface area contributed by atoms with Crippen molar-refractivity contribution in [1.82, 2.24) is 4.98 Å². The minimum Gasteiger partial charge on any atom is -0.299 e. The van der Waals surface area contributed by atoms with E-state index in [9.17, 15) is 4.79 Å². The molecule has 0 amide bonds. The Morgan fingerprint density at radius 1 is 1.19 bits per heavy atom. The minimum absolute atomic E-state index is 0.180. The average Bonchev–Trinajstić information content (AvgIpc) is 3.10. The zero-order valence-corrected chi connectivity index (χ0v) is 15.1. The van der Waals surface area contributed by atoms with Crippen LogP contribution in [0.15, 0.2) is 65.6 Å². The van der Waals surface area contributed by atoms with Gasteiger partial charge in [0.25, 0.3) is 0 Å². The van der Waals surface area contributed by atoms with E-state index in [1.165, 1.54) is 0 Å². The van der Waals surface area contributed by atoms with E-state index in [1.807, 2.05) is 42.6 Å². The van der Waals surface area contributed by atoms with Gasteiger partial charge in [0.15, 0.2) is 0 Å². The lowest BCUT2D eigenvalue weighted by atomic mass is 9.88. The largest absolute Gasteiger partial charge is 0.299 e. The second-order valence-corrected chi connectivity index (χ2v) is 6.44. The van der Waals surface area contributed by atoms with Gasteiger partial charge < -0.3 is 0 Å². The molecule has 0 fully saturated rings. The Kier molecular flexibility index (Phi) is 5.84. The summed E-state index contributed by atoms with van der Waals surface area (Å²) in [6.45, 7) is 5.87. The summed E-state index contributed by atoms with van der Waals surface area (Å²) in [5.74, 6) is 0.405. The number of rotatable bonds is 8. The molecular weight excluding hydrogens is 322 g/mol. The maximum atomic E-state index is 12.3. The van der Waals surface area contributed by atoms with E-state index in [0.29, 0.717) is 19.3 Å². The van der Waals surface area contributed by atoms with Crippen LogP contribution in [-0.2, 0) is 11.2 Å². The minimum atomic E-state index is 0.180. The molecule has 1 aromatic heterocycles. The maximum Gasteiger partial charge on any atom is 0.137 e. The van der Waals surface area contributed by atoms with Gasteiger partial charge >= 0.3 is 0 Å². The van der Waals surface area contributed by atoms with Crippen LogP contribution < -0.4 is 0 Å². The number of hydrogen-bond donors (Lipinski definition) is 0. The molecule has 4 nitrogen and oxygen atoms in total. The van der Waals surface area contributed by atoms with Gasteiger partial charge in [0.2, 0.25) is 0 Å². The third kappa shape index (κ3) is 4.20. The molecule has 1 unspecified atom stereocenters. The van der Waals surface area contributed by atoms with Gasteiger partial charge in [0.05, 0.1) is 11.4 Å². The van der Waals surface area contributed by atoms with Gasteiger partial charge in [-0.15, -0.1) is 0 Å². The van der Waals surface area contributed by atoms with Crippen LogP contribution in [-0.4, -0.2) is 22.2 Å². The SMILES string of the molecule is C=Cc1ccc(CC(=O)CCC2=NN=C(c3cccnc3)C2CC)cc1. The molecule has 1 aliphatic heterocycles. The summed E-state index contributed by atoms with van der Waals surface area (Å²) in [5.41, 5.74) is 5.07. The molecule has 0 N–H and O–H groups in total. The normalized spacial score (nSPS) is 16.1. The number of aromatic nitrogens is 1. The fourth-order valence-electron chi connectivity index (χ4n) is 3.20. The van der Waals surface area contributed by atoms with E-state index in [2.05, 4.69) is 28.7 Å². The highest BCUT2D eigenvalue weighted by molar-refractivity contribution is 6.17. The van der Waals surface area contributed by atoms with Crippen LogP contribution in [0.2, 0.25) is 0 Å². The fraction of sp³-hybridized carbons (Fsp3) is 0.273. The number of Topliss-reactive ketones (excluding diaryl/α,β-unsaturated/α-hetero) is 1. The zero-order valence-electron chi connectivity index (χ0n) is 15.1. The molecule has 0 saturated heterocycles. The van der Waals surface area contributed by atoms with Gasteiger partial charge in [0, 0.05) is 36.7 Å². The molecule has 3 rings (SSSR count). The first-order chi connectivity index (χ1) is 12.7. The summed E-state index contributed by atoms with van der Waals surface area (Å²) >= 11 is 0. The zero-order chi connectivity index (χ0) is 18.4. The maximum absolute atomic E-state index is 12.3. The van der Waals surface area contributed by atoms with Crippen LogP contribution in [0.3, 0.4) is 0 Å². The molecule has 0 spiro atoms. The highest BCUT2D eigenvalue weighted by Gasteiger charge is 2.27. The van der Waals surface area contributed by atoms with Crippen molar-refractivity contribution < 1.29 is 4.79 Å². The van der Waals surface area contributed by atoms with E-state index in [0.717, 1.165) is 34.5 Å². The molecule has 1 aliphatic rings. The number of carbonyl (C=O) groups is 1. The first kappa shape index (κ1) is 17.9. The van der Waals surface area contributed by atoms with Crippen molar-refractivity contribution in [2.45, 2.75) is 32.6 Å². The van der Waals surface area contributed by atoms with Gasteiger partial charge in [0.1, 0.15) is 5.78 Å². The van der Waals surface area contributed by atoms with Crippen molar-refractivity contribution in [2.24, 2.45) is 16.1 Å². The Morgan fingerprint density at radius 3 is 2.65 bits per heavy atom. The Balaban J connectivity index is 1.56. The van der Waals surface area contributed by atoms with Gasteiger partial charge in [-0.1, -0.05) is 43.8 Å². The summed E-state index contributed by atoms with van der Waals surface area (Å²) in [7, 11) is 0. The summed E-state index contributed by atoms with van der Waals surface area (Å²) < 4.78 is 0. The molecule has 0 radical (unpaired) electrons. The number of carbonyl (C=O) groups excluding carboxylic acids is 1. The highest BCUT2D eigenvalue weighted by Crippen LogP contribution is 2.23. The number of hydrogen-bond acceptors (Lipinski definition) is 4. The quantitative estimate of drug-likeness (QED) is 0.707. The molecule has 1 atom stereocenters. The summed E-state index contributed by atoms with van der Waals surface area (Å²) in [4.78, 5) is 16.5. The molecule has 2 aromatic rings. The molecule has 26 heavy (non-hydrogen) atoms. The molecular formula is C22H23N3O. The van der Waals surface area contributed by atoms with Crippen molar-refractivity contribution in [3.8, 4) is 0 Å². The standard InChI is InChI=1S/C22H23N3O/c1-3-16-7-9-17(10-8-16)14-19(26)11-12-21-20(4-2)22(25-24-21)18-6-5-13-23-15-18/h3,5-10,13,15,20H,1,4,11-12,14H2,2H3. The third-order valence-corrected chi connectivity index (χ3v) is 4.66. The van der Waals surface area contributed by atoms with Crippen LogP contribution in [0.1, 0.15) is 42.9 Å². The molecule has 0 saturated carbocycles. The lowest BCUT2D eigenvalue weighted by Crippen LogP contribution is -2.21. The van der Waals surface area contributed by atoms with E-state index in [-0.39, 0.29) is 11.7 Å². The molecule has 0 aliphatic carbocycles. The van der Waals surface area contributed by atoms with Gasteiger partial charge in [-0.3, -0.25) is 9.78 Å². The van der Waals surface area contributed by atoms with Crippen molar-refractivity contribution in [2.75, 3.05) is 0 Å². The van der Waals surface area contributed by atoms with Crippen LogP contribution in [0.4, 0.5) is 0 Å². The smallest absolute Gasteiger partial charge is 0.137 e. The number of pyridine rings is 1. The molecule has 132 valence electrons. The van der Waals surface area contributed by atoms with Crippen molar-refractivity contribution >= 4 is 23.3 Å². The topological polar surface area (TPSA) is 54.7 Å². The van der Waals surface area contributed by atoms with Gasteiger partial charge in [-0.05, 0) is 36.1 Å².